The van der Waals surface area contributed by atoms with E-state index in [1.54, 1.807) is 0 Å². The second-order valence-electron chi connectivity index (χ2n) is 4.56. The summed E-state index contributed by atoms with van der Waals surface area (Å²) in [5.41, 5.74) is 0. The van der Waals surface area contributed by atoms with Gasteiger partial charge in [0, 0.05) is 18.8 Å². The van der Waals surface area contributed by atoms with Crippen LogP contribution in [0.4, 0.5) is 0 Å². The monoisotopic (exact) mass is 249 g/mol. The summed E-state index contributed by atoms with van der Waals surface area (Å²) in [4.78, 5) is 0. The minimum atomic E-state index is -3.00. The summed E-state index contributed by atoms with van der Waals surface area (Å²) in [7, 11) is -3.00. The molecular formula is C12H27NO2S. The number of sulfone groups is 1. The van der Waals surface area contributed by atoms with Gasteiger partial charge in [0.15, 0.2) is 9.84 Å². The maximum atomic E-state index is 11.9. The third-order valence-electron chi connectivity index (χ3n) is 3.77. The Hall–Kier alpha value is -0.0900. The van der Waals surface area contributed by atoms with E-state index in [0.29, 0.717) is 25.4 Å². The molecule has 0 aliphatic rings. The lowest BCUT2D eigenvalue weighted by Gasteiger charge is -2.31. The van der Waals surface area contributed by atoms with E-state index in [4.69, 9.17) is 0 Å². The zero-order valence-electron chi connectivity index (χ0n) is 11.3. The highest BCUT2D eigenvalue weighted by molar-refractivity contribution is 7.92. The predicted octanol–water partition coefficient (Wildman–Crippen LogP) is 2.37. The molecule has 98 valence electrons. The number of rotatable bonds is 8. The summed E-state index contributed by atoms with van der Waals surface area (Å²) in [6, 6.07) is 0.430. The van der Waals surface area contributed by atoms with Crippen LogP contribution in [-0.4, -0.2) is 32.0 Å². The minimum absolute atomic E-state index is 0.430. The largest absolute Gasteiger partial charge is 0.312 e. The average Bonchev–Trinajstić information content (AvgIpc) is 2.23. The van der Waals surface area contributed by atoms with Crippen molar-refractivity contribution >= 4 is 9.84 Å². The van der Waals surface area contributed by atoms with Crippen molar-refractivity contribution in [3.05, 3.63) is 0 Å². The van der Waals surface area contributed by atoms with Crippen molar-refractivity contribution in [3.63, 3.8) is 0 Å². The first-order chi connectivity index (χ1) is 7.36. The van der Waals surface area contributed by atoms with Gasteiger partial charge in [0.25, 0.3) is 0 Å². The smallest absolute Gasteiger partial charge is 0.154 e. The number of nitrogens with one attached hydrogen (secondary N) is 1. The Bertz CT molecular complexity index is 277. The van der Waals surface area contributed by atoms with Gasteiger partial charge in [-0.25, -0.2) is 8.42 Å². The molecule has 0 radical (unpaired) electrons. The quantitative estimate of drug-likeness (QED) is 0.718. The van der Waals surface area contributed by atoms with Gasteiger partial charge >= 0.3 is 0 Å². The van der Waals surface area contributed by atoms with E-state index in [-0.39, 0.29) is 0 Å². The molecule has 0 saturated carbocycles. The zero-order valence-corrected chi connectivity index (χ0v) is 12.2. The Morgan fingerprint density at radius 2 is 1.50 bits per heavy atom. The first-order valence-electron chi connectivity index (χ1n) is 6.29. The van der Waals surface area contributed by atoms with Gasteiger partial charge in [-0.3, -0.25) is 0 Å². The van der Waals surface area contributed by atoms with Crippen LogP contribution >= 0.6 is 0 Å². The third-order valence-corrected chi connectivity index (χ3v) is 6.07. The van der Waals surface area contributed by atoms with Crippen molar-refractivity contribution in [1.29, 1.82) is 0 Å². The molecule has 0 aliphatic carbocycles. The fourth-order valence-corrected chi connectivity index (χ4v) is 3.46. The van der Waals surface area contributed by atoms with Crippen LogP contribution in [0.5, 0.6) is 0 Å². The molecule has 0 heterocycles. The molecule has 0 aliphatic heterocycles. The van der Waals surface area contributed by atoms with Gasteiger partial charge in [-0.05, 0) is 25.7 Å². The van der Waals surface area contributed by atoms with E-state index in [9.17, 15) is 8.42 Å². The van der Waals surface area contributed by atoms with Crippen LogP contribution in [0.2, 0.25) is 0 Å². The molecular weight excluding hydrogens is 222 g/mol. The molecule has 0 fully saturated rings. The summed E-state index contributed by atoms with van der Waals surface area (Å²) in [5, 5.41) is 3.39. The van der Waals surface area contributed by atoms with Crippen LogP contribution in [-0.2, 0) is 9.84 Å². The summed E-state index contributed by atoms with van der Waals surface area (Å²) < 4.78 is 23.1. The van der Waals surface area contributed by atoms with Gasteiger partial charge in [-0.2, -0.15) is 0 Å². The Morgan fingerprint density at radius 3 is 1.75 bits per heavy atom. The minimum Gasteiger partial charge on any atom is -0.312 e. The highest BCUT2D eigenvalue weighted by Crippen LogP contribution is 2.24. The molecule has 0 spiro atoms. The van der Waals surface area contributed by atoms with Crippen molar-refractivity contribution < 1.29 is 8.42 Å². The molecule has 0 saturated heterocycles. The SMILES string of the molecule is CCC(CC)NCC(CC)(CC)S(C)(=O)=O. The summed E-state index contributed by atoms with van der Waals surface area (Å²) in [6.07, 6.45) is 4.80. The van der Waals surface area contributed by atoms with Crippen molar-refractivity contribution in [1.82, 2.24) is 5.32 Å². The maximum Gasteiger partial charge on any atom is 0.154 e. The molecule has 0 aromatic rings. The Morgan fingerprint density at radius 1 is 1.06 bits per heavy atom. The van der Waals surface area contributed by atoms with Crippen LogP contribution in [0.1, 0.15) is 53.4 Å². The van der Waals surface area contributed by atoms with E-state index in [2.05, 4.69) is 19.2 Å². The second kappa shape index (κ2) is 6.60. The van der Waals surface area contributed by atoms with E-state index in [1.807, 2.05) is 13.8 Å². The van der Waals surface area contributed by atoms with Gasteiger partial charge in [0.2, 0.25) is 0 Å². The molecule has 0 amide bonds. The topological polar surface area (TPSA) is 46.2 Å². The normalized spacial score (nSPS) is 13.4. The standard InChI is InChI=1S/C12H27NO2S/c1-6-11(7-2)13-10-12(8-3,9-4)16(5,14)15/h11,13H,6-10H2,1-5H3. The molecule has 0 bridgehead atoms. The van der Waals surface area contributed by atoms with Crippen LogP contribution in [0, 0.1) is 0 Å². The molecule has 1 N–H and O–H groups in total. The van der Waals surface area contributed by atoms with E-state index < -0.39 is 14.6 Å². The molecule has 0 aromatic heterocycles. The van der Waals surface area contributed by atoms with Crippen molar-refractivity contribution in [2.24, 2.45) is 0 Å². The highest BCUT2D eigenvalue weighted by atomic mass is 32.2. The van der Waals surface area contributed by atoms with Gasteiger partial charge in [-0.1, -0.05) is 27.7 Å². The van der Waals surface area contributed by atoms with Crippen LogP contribution in [0.3, 0.4) is 0 Å². The molecule has 0 rings (SSSR count). The van der Waals surface area contributed by atoms with Crippen LogP contribution < -0.4 is 5.32 Å². The maximum absolute atomic E-state index is 11.9. The number of hydrogen-bond acceptors (Lipinski definition) is 3. The lowest BCUT2D eigenvalue weighted by atomic mass is 10.0. The van der Waals surface area contributed by atoms with Crippen molar-refractivity contribution in [3.8, 4) is 0 Å². The molecule has 0 atom stereocenters. The molecule has 16 heavy (non-hydrogen) atoms. The Labute approximate surface area is 101 Å². The van der Waals surface area contributed by atoms with Gasteiger partial charge in [0.05, 0.1) is 4.75 Å². The summed E-state index contributed by atoms with van der Waals surface area (Å²) in [5.74, 6) is 0. The third kappa shape index (κ3) is 3.74. The van der Waals surface area contributed by atoms with Crippen LogP contribution in [0.25, 0.3) is 0 Å². The lowest BCUT2D eigenvalue weighted by molar-refractivity contribution is 0.403. The molecule has 0 unspecified atom stereocenters. The van der Waals surface area contributed by atoms with Gasteiger partial charge < -0.3 is 5.32 Å². The highest BCUT2D eigenvalue weighted by Gasteiger charge is 2.37. The van der Waals surface area contributed by atoms with E-state index in [0.717, 1.165) is 12.8 Å². The lowest BCUT2D eigenvalue weighted by Crippen LogP contribution is -2.48. The molecule has 0 aromatic carbocycles. The molecule has 4 heteroatoms. The van der Waals surface area contributed by atoms with Crippen LogP contribution in [0.15, 0.2) is 0 Å². The second-order valence-corrected chi connectivity index (χ2v) is 6.97. The average molecular weight is 249 g/mol. The first kappa shape index (κ1) is 15.9. The fourth-order valence-electron chi connectivity index (χ4n) is 2.06. The Kier molecular flexibility index (Phi) is 6.56. The van der Waals surface area contributed by atoms with E-state index >= 15 is 0 Å². The fraction of sp³-hybridized carbons (Fsp3) is 1.00. The zero-order chi connectivity index (χ0) is 12.8. The summed E-state index contributed by atoms with van der Waals surface area (Å²) in [6.45, 7) is 8.74. The van der Waals surface area contributed by atoms with Gasteiger partial charge in [0.1, 0.15) is 0 Å². The van der Waals surface area contributed by atoms with Gasteiger partial charge in [-0.15, -0.1) is 0 Å². The first-order valence-corrected chi connectivity index (χ1v) is 8.18. The van der Waals surface area contributed by atoms with E-state index in [1.165, 1.54) is 6.26 Å². The molecule has 3 nitrogen and oxygen atoms in total. The van der Waals surface area contributed by atoms with Crippen molar-refractivity contribution in [2.75, 3.05) is 12.8 Å². The Balaban J connectivity index is 4.70. The predicted molar refractivity (Wildman–Crippen MR) is 70.5 cm³/mol. The summed E-state index contributed by atoms with van der Waals surface area (Å²) >= 11 is 0. The van der Waals surface area contributed by atoms with Crippen molar-refractivity contribution in [2.45, 2.75) is 64.2 Å². The number of hydrogen-bond donors (Lipinski definition) is 1.